The molecule has 3 rings (SSSR count). The van der Waals surface area contributed by atoms with Crippen LogP contribution in [0, 0.1) is 0 Å². The van der Waals surface area contributed by atoms with E-state index in [0.717, 1.165) is 10.0 Å². The van der Waals surface area contributed by atoms with Crippen LogP contribution in [0.25, 0.3) is 0 Å². The Labute approximate surface area is 192 Å². The standard InChI is InChI=1S/C22H16BrCl2N3O2/c1-13(27-28-21(29)15-5-2-6-16(23)10-15)14-4-3-7-18(11-14)26-22(30)19-9-8-17(24)12-20(19)25/h2-12H,1H3,(H,26,30)(H,28,29)/b27-13-. The predicted octanol–water partition coefficient (Wildman–Crippen LogP) is 6.16. The highest BCUT2D eigenvalue weighted by molar-refractivity contribution is 9.10. The first kappa shape index (κ1) is 22.0. The Balaban J connectivity index is 1.71. The molecule has 0 saturated heterocycles. The molecule has 0 aliphatic rings. The zero-order valence-corrected chi connectivity index (χ0v) is 18.8. The Hall–Kier alpha value is -2.67. The van der Waals surface area contributed by atoms with Gasteiger partial charge in [0.1, 0.15) is 0 Å². The van der Waals surface area contributed by atoms with Gasteiger partial charge in [-0.3, -0.25) is 9.59 Å². The summed E-state index contributed by atoms with van der Waals surface area (Å²) in [5.74, 6) is -0.677. The second kappa shape index (κ2) is 9.89. The minimum absolute atomic E-state index is 0.268. The van der Waals surface area contributed by atoms with Crippen molar-refractivity contribution in [2.24, 2.45) is 5.10 Å². The molecule has 152 valence electrons. The van der Waals surface area contributed by atoms with Crippen molar-refractivity contribution in [2.45, 2.75) is 6.92 Å². The number of amides is 2. The molecule has 8 heteroatoms. The first-order chi connectivity index (χ1) is 14.3. The highest BCUT2D eigenvalue weighted by Crippen LogP contribution is 2.22. The molecule has 0 spiro atoms. The summed E-state index contributed by atoms with van der Waals surface area (Å²) in [5, 5.41) is 7.67. The van der Waals surface area contributed by atoms with Crippen LogP contribution in [-0.2, 0) is 0 Å². The molecule has 3 aromatic carbocycles. The predicted molar refractivity (Wildman–Crippen MR) is 125 cm³/mol. The summed E-state index contributed by atoms with van der Waals surface area (Å²) in [4.78, 5) is 24.7. The monoisotopic (exact) mass is 503 g/mol. The molecule has 0 aliphatic heterocycles. The average molecular weight is 505 g/mol. The van der Waals surface area contributed by atoms with E-state index in [0.29, 0.717) is 27.5 Å². The molecule has 30 heavy (non-hydrogen) atoms. The summed E-state index contributed by atoms with van der Waals surface area (Å²) in [6.45, 7) is 1.76. The normalized spacial score (nSPS) is 11.1. The van der Waals surface area contributed by atoms with Crippen LogP contribution in [0.1, 0.15) is 33.2 Å². The van der Waals surface area contributed by atoms with E-state index in [1.165, 1.54) is 6.07 Å². The number of rotatable bonds is 5. The van der Waals surface area contributed by atoms with Gasteiger partial charge in [0.25, 0.3) is 11.8 Å². The van der Waals surface area contributed by atoms with Crippen LogP contribution in [0.4, 0.5) is 5.69 Å². The first-order valence-electron chi connectivity index (χ1n) is 8.80. The highest BCUT2D eigenvalue weighted by Gasteiger charge is 2.12. The number of anilines is 1. The van der Waals surface area contributed by atoms with E-state index in [4.69, 9.17) is 23.2 Å². The van der Waals surface area contributed by atoms with Crippen molar-refractivity contribution in [1.82, 2.24) is 5.43 Å². The highest BCUT2D eigenvalue weighted by atomic mass is 79.9. The van der Waals surface area contributed by atoms with Crippen molar-refractivity contribution in [3.8, 4) is 0 Å². The maximum atomic E-state index is 12.5. The molecule has 0 heterocycles. The Morgan fingerprint density at radius 3 is 2.37 bits per heavy atom. The number of halogens is 3. The minimum Gasteiger partial charge on any atom is -0.322 e. The van der Waals surface area contributed by atoms with E-state index < -0.39 is 0 Å². The van der Waals surface area contributed by atoms with Gasteiger partial charge in [0, 0.05) is 20.7 Å². The number of benzene rings is 3. The van der Waals surface area contributed by atoms with Crippen molar-refractivity contribution >= 4 is 62.3 Å². The van der Waals surface area contributed by atoms with Crippen molar-refractivity contribution in [1.29, 1.82) is 0 Å². The van der Waals surface area contributed by atoms with Crippen LogP contribution < -0.4 is 10.7 Å². The molecular formula is C22H16BrCl2N3O2. The lowest BCUT2D eigenvalue weighted by molar-refractivity contribution is 0.0954. The molecule has 0 radical (unpaired) electrons. The van der Waals surface area contributed by atoms with Gasteiger partial charge in [-0.25, -0.2) is 5.43 Å². The van der Waals surface area contributed by atoms with E-state index in [9.17, 15) is 9.59 Å². The Kier molecular flexibility index (Phi) is 7.26. The summed E-state index contributed by atoms with van der Waals surface area (Å²) >= 11 is 15.3. The van der Waals surface area contributed by atoms with Crippen molar-refractivity contribution in [3.05, 3.63) is 97.9 Å². The average Bonchev–Trinajstić information content (AvgIpc) is 2.71. The third kappa shape index (κ3) is 5.69. The quantitative estimate of drug-likeness (QED) is 0.322. The summed E-state index contributed by atoms with van der Waals surface area (Å²) in [7, 11) is 0. The van der Waals surface area contributed by atoms with Crippen molar-refractivity contribution in [3.63, 3.8) is 0 Å². The number of carbonyl (C=O) groups excluding carboxylic acids is 2. The maximum absolute atomic E-state index is 12.5. The lowest BCUT2D eigenvalue weighted by Crippen LogP contribution is -2.19. The second-order valence-electron chi connectivity index (χ2n) is 6.31. The first-order valence-corrected chi connectivity index (χ1v) is 10.4. The van der Waals surface area contributed by atoms with Gasteiger partial charge in [-0.15, -0.1) is 0 Å². The van der Waals surface area contributed by atoms with Crippen LogP contribution in [0.5, 0.6) is 0 Å². The molecule has 2 N–H and O–H groups in total. The molecule has 3 aromatic rings. The molecule has 0 aliphatic carbocycles. The van der Waals surface area contributed by atoms with Gasteiger partial charge in [-0.1, -0.05) is 57.3 Å². The largest absolute Gasteiger partial charge is 0.322 e. The van der Waals surface area contributed by atoms with Gasteiger partial charge in [0.05, 0.1) is 16.3 Å². The molecule has 0 aromatic heterocycles. The summed E-state index contributed by atoms with van der Waals surface area (Å²) < 4.78 is 0.806. The van der Waals surface area contributed by atoms with Gasteiger partial charge >= 0.3 is 0 Å². The number of hydrazone groups is 1. The summed E-state index contributed by atoms with van der Waals surface area (Å²) in [6, 6.07) is 18.8. The minimum atomic E-state index is -0.355. The Morgan fingerprint density at radius 1 is 0.900 bits per heavy atom. The van der Waals surface area contributed by atoms with E-state index in [2.05, 4.69) is 31.8 Å². The second-order valence-corrected chi connectivity index (χ2v) is 8.07. The van der Waals surface area contributed by atoms with Crippen LogP contribution in [0.3, 0.4) is 0 Å². The molecule has 0 bridgehead atoms. The number of hydrogen-bond acceptors (Lipinski definition) is 3. The Morgan fingerprint density at radius 2 is 1.63 bits per heavy atom. The number of hydrogen-bond donors (Lipinski definition) is 2. The molecule has 0 fully saturated rings. The van der Waals surface area contributed by atoms with Crippen molar-refractivity contribution < 1.29 is 9.59 Å². The maximum Gasteiger partial charge on any atom is 0.271 e. The van der Waals surface area contributed by atoms with Gasteiger partial charge in [0.15, 0.2) is 0 Å². The van der Waals surface area contributed by atoms with Gasteiger partial charge in [-0.2, -0.15) is 5.10 Å². The third-order valence-electron chi connectivity index (χ3n) is 4.13. The molecular weight excluding hydrogens is 489 g/mol. The lowest BCUT2D eigenvalue weighted by atomic mass is 10.1. The zero-order chi connectivity index (χ0) is 21.7. The van der Waals surface area contributed by atoms with Crippen molar-refractivity contribution in [2.75, 3.05) is 5.32 Å². The molecule has 5 nitrogen and oxygen atoms in total. The fraction of sp³-hybridized carbons (Fsp3) is 0.0455. The topological polar surface area (TPSA) is 70.6 Å². The summed E-state index contributed by atoms with van der Waals surface area (Å²) in [5.41, 5.74) is 5.23. The smallest absolute Gasteiger partial charge is 0.271 e. The molecule has 0 saturated carbocycles. The fourth-order valence-corrected chi connectivity index (χ4v) is 3.48. The zero-order valence-electron chi connectivity index (χ0n) is 15.7. The lowest BCUT2D eigenvalue weighted by Gasteiger charge is -2.09. The van der Waals surface area contributed by atoms with E-state index in [1.54, 1.807) is 55.5 Å². The number of nitrogens with zero attached hydrogens (tertiary/aromatic N) is 1. The van der Waals surface area contributed by atoms with Crippen LogP contribution in [0.2, 0.25) is 10.0 Å². The van der Waals surface area contributed by atoms with Crippen LogP contribution in [-0.4, -0.2) is 17.5 Å². The summed E-state index contributed by atoms with van der Waals surface area (Å²) in [6.07, 6.45) is 0. The van der Waals surface area contributed by atoms with E-state index in [-0.39, 0.29) is 16.8 Å². The number of nitrogens with one attached hydrogen (secondary N) is 2. The van der Waals surface area contributed by atoms with Gasteiger partial charge in [-0.05, 0) is 61.0 Å². The molecule has 2 amide bonds. The molecule has 0 atom stereocenters. The number of carbonyl (C=O) groups is 2. The van der Waals surface area contributed by atoms with Crippen LogP contribution >= 0.6 is 39.1 Å². The third-order valence-corrected chi connectivity index (χ3v) is 5.17. The van der Waals surface area contributed by atoms with E-state index >= 15 is 0 Å². The van der Waals surface area contributed by atoms with Gasteiger partial charge in [0.2, 0.25) is 0 Å². The van der Waals surface area contributed by atoms with Gasteiger partial charge < -0.3 is 5.32 Å². The van der Waals surface area contributed by atoms with E-state index in [1.807, 2.05) is 12.1 Å². The SMILES string of the molecule is C/C(=N/NC(=O)c1cccc(Br)c1)c1cccc(NC(=O)c2ccc(Cl)cc2Cl)c1. The molecule has 0 unspecified atom stereocenters. The van der Waals surface area contributed by atoms with Crippen LogP contribution in [0.15, 0.2) is 76.3 Å². The fourth-order valence-electron chi connectivity index (χ4n) is 2.59. The Bertz CT molecular complexity index is 1150.